The second kappa shape index (κ2) is 8.31. The lowest BCUT2D eigenvalue weighted by Crippen LogP contribution is -2.31. The van der Waals surface area contributed by atoms with Crippen LogP contribution in [0, 0.1) is 5.82 Å². The molecule has 1 N–H and O–H groups in total. The van der Waals surface area contributed by atoms with Crippen LogP contribution in [0.25, 0.3) is 0 Å². The van der Waals surface area contributed by atoms with E-state index in [4.69, 9.17) is 11.6 Å². The molecule has 0 radical (unpaired) electrons. The Bertz CT molecular complexity index is 841. The Morgan fingerprint density at radius 2 is 1.80 bits per heavy atom. The highest BCUT2D eigenvalue weighted by molar-refractivity contribution is 7.92. The maximum atomic E-state index is 13.5. The Hall–Kier alpha value is -2.12. The van der Waals surface area contributed by atoms with Crippen molar-refractivity contribution in [2.75, 3.05) is 22.4 Å². The van der Waals surface area contributed by atoms with E-state index in [1.54, 1.807) is 30.3 Å². The number of nitrogens with zero attached hydrogens (tertiary/aromatic N) is 1. The first-order valence-electron chi connectivity index (χ1n) is 7.55. The van der Waals surface area contributed by atoms with Crippen LogP contribution in [0.2, 0.25) is 5.02 Å². The highest BCUT2D eigenvalue weighted by Crippen LogP contribution is 2.21. The Morgan fingerprint density at radius 3 is 2.40 bits per heavy atom. The molecule has 0 aromatic heterocycles. The number of rotatable bonds is 7. The van der Waals surface area contributed by atoms with E-state index in [0.717, 1.165) is 6.26 Å². The largest absolute Gasteiger partial charge is 0.324 e. The molecule has 0 aliphatic heterocycles. The number of carbonyl (C=O) groups excluding carboxylic acids is 1. The monoisotopic (exact) mass is 384 g/mol. The Morgan fingerprint density at radius 1 is 1.16 bits per heavy atom. The third-order valence-electron chi connectivity index (χ3n) is 3.43. The van der Waals surface area contributed by atoms with E-state index in [1.165, 1.54) is 22.5 Å². The first kappa shape index (κ1) is 19.2. The summed E-state index contributed by atoms with van der Waals surface area (Å²) in [6.07, 6.45) is 1.45. The number of sulfonamides is 1. The van der Waals surface area contributed by atoms with E-state index in [9.17, 15) is 17.6 Å². The molecule has 2 rings (SSSR count). The number of hydrogen-bond acceptors (Lipinski definition) is 3. The molecule has 0 saturated carbocycles. The molecule has 8 heteroatoms. The summed E-state index contributed by atoms with van der Waals surface area (Å²) in [5, 5.41) is 2.97. The molecule has 25 heavy (non-hydrogen) atoms. The SMILES string of the molecule is CS(=O)(=O)N(CCCC(=O)Nc1ccccc1F)c1ccc(Cl)cc1. The first-order chi connectivity index (χ1) is 11.8. The van der Waals surface area contributed by atoms with Crippen molar-refractivity contribution in [1.29, 1.82) is 0 Å². The summed E-state index contributed by atoms with van der Waals surface area (Å²) in [6, 6.07) is 12.3. The zero-order valence-corrected chi connectivity index (χ0v) is 15.1. The smallest absolute Gasteiger partial charge is 0.232 e. The fourth-order valence-electron chi connectivity index (χ4n) is 2.25. The summed E-state index contributed by atoms with van der Waals surface area (Å²) < 4.78 is 38.6. The molecule has 5 nitrogen and oxygen atoms in total. The topological polar surface area (TPSA) is 66.5 Å². The van der Waals surface area contributed by atoms with Gasteiger partial charge in [-0.15, -0.1) is 0 Å². The van der Waals surface area contributed by atoms with Crippen LogP contribution in [-0.2, 0) is 14.8 Å². The Kier molecular flexibility index (Phi) is 6.39. The average molecular weight is 385 g/mol. The van der Waals surface area contributed by atoms with Gasteiger partial charge in [0.05, 0.1) is 17.6 Å². The maximum absolute atomic E-state index is 13.5. The molecule has 2 aromatic carbocycles. The predicted molar refractivity (Wildman–Crippen MR) is 97.9 cm³/mol. The van der Waals surface area contributed by atoms with Crippen molar-refractivity contribution >= 4 is 38.9 Å². The van der Waals surface area contributed by atoms with Gasteiger partial charge in [-0.2, -0.15) is 0 Å². The lowest BCUT2D eigenvalue weighted by molar-refractivity contribution is -0.116. The van der Waals surface area contributed by atoms with Crippen LogP contribution in [0.1, 0.15) is 12.8 Å². The number of nitrogens with one attached hydrogen (secondary N) is 1. The second-order valence-corrected chi connectivity index (χ2v) is 7.79. The summed E-state index contributed by atoms with van der Waals surface area (Å²) in [6.45, 7) is 0.130. The molecular formula is C17H18ClFN2O3S. The summed E-state index contributed by atoms with van der Waals surface area (Å²) in [7, 11) is -3.50. The lowest BCUT2D eigenvalue weighted by Gasteiger charge is -2.22. The van der Waals surface area contributed by atoms with E-state index in [-0.39, 0.29) is 31.0 Å². The first-order valence-corrected chi connectivity index (χ1v) is 9.77. The summed E-state index contributed by atoms with van der Waals surface area (Å²) in [4.78, 5) is 11.9. The van der Waals surface area contributed by atoms with Crippen molar-refractivity contribution in [3.05, 3.63) is 59.4 Å². The van der Waals surface area contributed by atoms with E-state index < -0.39 is 15.8 Å². The number of amides is 1. The van der Waals surface area contributed by atoms with Crippen LogP contribution in [0.15, 0.2) is 48.5 Å². The van der Waals surface area contributed by atoms with Crippen molar-refractivity contribution in [1.82, 2.24) is 0 Å². The van der Waals surface area contributed by atoms with Gasteiger partial charge < -0.3 is 5.32 Å². The van der Waals surface area contributed by atoms with Crippen LogP contribution in [0.5, 0.6) is 0 Å². The minimum Gasteiger partial charge on any atom is -0.324 e. The standard InChI is InChI=1S/C17H18ClFN2O3S/c1-25(23,24)21(14-10-8-13(18)9-11-14)12-4-7-17(22)20-16-6-3-2-5-15(16)19/h2-3,5-6,8-11H,4,7,12H2,1H3,(H,20,22). The van der Waals surface area contributed by atoms with Crippen LogP contribution < -0.4 is 9.62 Å². The quantitative estimate of drug-likeness (QED) is 0.792. The molecule has 0 spiro atoms. The molecule has 0 bridgehead atoms. The molecule has 0 saturated heterocycles. The number of para-hydroxylation sites is 1. The number of halogens is 2. The van der Waals surface area contributed by atoms with Gasteiger partial charge in [-0.3, -0.25) is 9.10 Å². The van der Waals surface area contributed by atoms with Crippen molar-refractivity contribution in [3.8, 4) is 0 Å². The zero-order valence-electron chi connectivity index (χ0n) is 13.6. The van der Waals surface area contributed by atoms with Crippen molar-refractivity contribution < 1.29 is 17.6 Å². The predicted octanol–water partition coefficient (Wildman–Crippen LogP) is 3.66. The zero-order chi connectivity index (χ0) is 18.4. The van der Waals surface area contributed by atoms with Gasteiger partial charge in [-0.05, 0) is 42.8 Å². The number of benzene rings is 2. The molecular weight excluding hydrogens is 367 g/mol. The molecule has 0 aliphatic rings. The fourth-order valence-corrected chi connectivity index (χ4v) is 3.34. The summed E-state index contributed by atoms with van der Waals surface area (Å²) in [5.41, 5.74) is 0.576. The second-order valence-electron chi connectivity index (χ2n) is 5.44. The number of carbonyl (C=O) groups is 1. The van der Waals surface area contributed by atoms with Crippen LogP contribution >= 0.6 is 11.6 Å². The third-order valence-corrected chi connectivity index (χ3v) is 4.87. The normalized spacial score (nSPS) is 11.2. The molecule has 2 aromatic rings. The molecule has 0 heterocycles. The molecule has 1 amide bonds. The summed E-state index contributed by atoms with van der Waals surface area (Å²) in [5.74, 6) is -0.899. The minimum atomic E-state index is -3.50. The van der Waals surface area contributed by atoms with Crippen LogP contribution in [0.4, 0.5) is 15.8 Å². The van der Waals surface area contributed by atoms with Gasteiger partial charge in [0.15, 0.2) is 0 Å². The van der Waals surface area contributed by atoms with Gasteiger partial charge in [0, 0.05) is 18.0 Å². The van der Waals surface area contributed by atoms with Gasteiger partial charge >= 0.3 is 0 Å². The average Bonchev–Trinajstić information content (AvgIpc) is 2.54. The highest BCUT2D eigenvalue weighted by Gasteiger charge is 2.17. The maximum Gasteiger partial charge on any atom is 0.232 e. The van der Waals surface area contributed by atoms with Gasteiger partial charge in [-0.25, -0.2) is 12.8 Å². The van der Waals surface area contributed by atoms with Crippen molar-refractivity contribution in [2.45, 2.75) is 12.8 Å². The van der Waals surface area contributed by atoms with E-state index in [0.29, 0.717) is 10.7 Å². The van der Waals surface area contributed by atoms with Crippen molar-refractivity contribution in [3.63, 3.8) is 0 Å². The summed E-state index contributed by atoms with van der Waals surface area (Å²) >= 11 is 5.81. The number of anilines is 2. The molecule has 0 unspecified atom stereocenters. The fraction of sp³-hybridized carbons (Fsp3) is 0.235. The molecule has 0 atom stereocenters. The Balaban J connectivity index is 1.96. The van der Waals surface area contributed by atoms with Crippen LogP contribution in [-0.4, -0.2) is 27.1 Å². The molecule has 0 fully saturated rings. The van der Waals surface area contributed by atoms with Crippen molar-refractivity contribution in [2.24, 2.45) is 0 Å². The molecule has 134 valence electrons. The van der Waals surface area contributed by atoms with Gasteiger partial charge in [-0.1, -0.05) is 23.7 Å². The van der Waals surface area contributed by atoms with E-state index >= 15 is 0 Å². The van der Waals surface area contributed by atoms with E-state index in [2.05, 4.69) is 5.32 Å². The third kappa shape index (κ3) is 5.72. The van der Waals surface area contributed by atoms with E-state index in [1.807, 2.05) is 0 Å². The van der Waals surface area contributed by atoms with Gasteiger partial charge in [0.2, 0.25) is 15.9 Å². The molecule has 0 aliphatic carbocycles. The lowest BCUT2D eigenvalue weighted by atomic mass is 10.2. The van der Waals surface area contributed by atoms with Gasteiger partial charge in [0.1, 0.15) is 5.82 Å². The van der Waals surface area contributed by atoms with Gasteiger partial charge in [0.25, 0.3) is 0 Å². The van der Waals surface area contributed by atoms with Crippen LogP contribution in [0.3, 0.4) is 0 Å². The Labute approximate surface area is 151 Å². The number of hydrogen-bond donors (Lipinski definition) is 1. The highest BCUT2D eigenvalue weighted by atomic mass is 35.5. The minimum absolute atomic E-state index is 0.0634.